The zero-order valence-corrected chi connectivity index (χ0v) is 13.1. The number of hydrogen-bond acceptors (Lipinski definition) is 4. The highest BCUT2D eigenvalue weighted by atomic mass is 15.1. The maximum absolute atomic E-state index is 4.51. The predicted octanol–water partition coefficient (Wildman–Crippen LogP) is 4.00. The van der Waals surface area contributed by atoms with Crippen LogP contribution in [0.1, 0.15) is 64.9 Å². The fourth-order valence-corrected chi connectivity index (χ4v) is 2.97. The Morgan fingerprint density at radius 2 is 1.80 bits per heavy atom. The first-order chi connectivity index (χ1) is 9.68. The zero-order chi connectivity index (χ0) is 14.4. The van der Waals surface area contributed by atoms with Crippen LogP contribution >= 0.6 is 0 Å². The van der Waals surface area contributed by atoms with Gasteiger partial charge in [-0.15, -0.1) is 0 Å². The highest BCUT2D eigenvalue weighted by molar-refractivity contribution is 5.58. The minimum absolute atomic E-state index is 0.207. The van der Waals surface area contributed by atoms with Crippen LogP contribution in [0.15, 0.2) is 6.33 Å². The smallest absolute Gasteiger partial charge is 0.135 e. The minimum Gasteiger partial charge on any atom is -0.370 e. The highest BCUT2D eigenvalue weighted by Gasteiger charge is 2.29. The fourth-order valence-electron chi connectivity index (χ4n) is 2.97. The summed E-state index contributed by atoms with van der Waals surface area (Å²) in [7, 11) is 0. The Morgan fingerprint density at radius 3 is 2.45 bits per heavy atom. The maximum Gasteiger partial charge on any atom is 0.135 e. The molecule has 1 fully saturated rings. The minimum atomic E-state index is 0.207. The summed E-state index contributed by atoms with van der Waals surface area (Å²) < 4.78 is 0. The summed E-state index contributed by atoms with van der Waals surface area (Å²) in [5.74, 6) is 2.04. The van der Waals surface area contributed by atoms with E-state index in [4.69, 9.17) is 0 Å². The van der Waals surface area contributed by atoms with Crippen LogP contribution in [-0.4, -0.2) is 22.1 Å². The topological polar surface area (TPSA) is 49.8 Å². The van der Waals surface area contributed by atoms with Gasteiger partial charge in [0.25, 0.3) is 0 Å². The van der Waals surface area contributed by atoms with Crippen molar-refractivity contribution in [1.82, 2.24) is 9.97 Å². The van der Waals surface area contributed by atoms with Crippen molar-refractivity contribution in [1.29, 1.82) is 0 Å². The van der Waals surface area contributed by atoms with Gasteiger partial charge in [-0.25, -0.2) is 9.97 Å². The standard InChI is InChI=1S/C16H28N4/c1-4-8-13-14(17-11-5-2)18-12-19-15(13)20-16(3)9-6-7-10-16/h12H,4-11H2,1-3H3,(H2,17,18,19,20). The van der Waals surface area contributed by atoms with E-state index in [0.717, 1.165) is 37.4 Å². The molecule has 4 heteroatoms. The molecule has 2 rings (SSSR count). The summed E-state index contributed by atoms with van der Waals surface area (Å²) >= 11 is 0. The molecule has 0 unspecified atom stereocenters. The van der Waals surface area contributed by atoms with Gasteiger partial charge >= 0.3 is 0 Å². The van der Waals surface area contributed by atoms with Gasteiger partial charge in [-0.1, -0.05) is 33.1 Å². The number of aromatic nitrogens is 2. The summed E-state index contributed by atoms with van der Waals surface area (Å²) in [6.07, 6.45) is 10.0. The van der Waals surface area contributed by atoms with Crippen LogP contribution in [0.4, 0.5) is 11.6 Å². The average Bonchev–Trinajstić information content (AvgIpc) is 2.86. The van der Waals surface area contributed by atoms with Crippen molar-refractivity contribution >= 4 is 11.6 Å². The van der Waals surface area contributed by atoms with E-state index in [0.29, 0.717) is 0 Å². The Balaban J connectivity index is 2.21. The van der Waals surface area contributed by atoms with Gasteiger partial charge < -0.3 is 10.6 Å². The molecule has 0 atom stereocenters. The molecule has 0 amide bonds. The third-order valence-corrected chi connectivity index (χ3v) is 4.12. The van der Waals surface area contributed by atoms with Crippen molar-refractivity contribution in [2.75, 3.05) is 17.2 Å². The molecule has 1 aliphatic carbocycles. The van der Waals surface area contributed by atoms with Gasteiger partial charge in [0.15, 0.2) is 0 Å². The first-order valence-corrected chi connectivity index (χ1v) is 8.04. The molecule has 1 aromatic heterocycles. The number of anilines is 2. The molecule has 112 valence electrons. The van der Waals surface area contributed by atoms with Crippen LogP contribution in [0.3, 0.4) is 0 Å². The zero-order valence-electron chi connectivity index (χ0n) is 13.1. The number of nitrogens with zero attached hydrogens (tertiary/aromatic N) is 2. The summed E-state index contributed by atoms with van der Waals surface area (Å²) in [5, 5.41) is 7.13. The Morgan fingerprint density at radius 1 is 1.10 bits per heavy atom. The largest absolute Gasteiger partial charge is 0.370 e. The second-order valence-corrected chi connectivity index (χ2v) is 6.12. The van der Waals surface area contributed by atoms with Gasteiger partial charge in [0.1, 0.15) is 18.0 Å². The predicted molar refractivity (Wildman–Crippen MR) is 85.3 cm³/mol. The Bertz CT molecular complexity index is 424. The van der Waals surface area contributed by atoms with E-state index >= 15 is 0 Å². The molecule has 2 N–H and O–H groups in total. The van der Waals surface area contributed by atoms with Crippen LogP contribution in [-0.2, 0) is 6.42 Å². The lowest BCUT2D eigenvalue weighted by Crippen LogP contribution is -2.32. The second kappa shape index (κ2) is 6.91. The van der Waals surface area contributed by atoms with E-state index in [2.05, 4.69) is 41.4 Å². The molecule has 0 aromatic carbocycles. The second-order valence-electron chi connectivity index (χ2n) is 6.12. The molecule has 1 saturated carbocycles. The molecule has 0 saturated heterocycles. The van der Waals surface area contributed by atoms with Crippen molar-refractivity contribution in [3.05, 3.63) is 11.9 Å². The summed E-state index contributed by atoms with van der Waals surface area (Å²) in [5.41, 5.74) is 1.45. The monoisotopic (exact) mass is 276 g/mol. The lowest BCUT2D eigenvalue weighted by atomic mass is 10.00. The third-order valence-electron chi connectivity index (χ3n) is 4.12. The van der Waals surface area contributed by atoms with Crippen molar-refractivity contribution < 1.29 is 0 Å². The Labute approximate surface area is 122 Å². The molecule has 0 spiro atoms. The van der Waals surface area contributed by atoms with Crippen LogP contribution in [0.2, 0.25) is 0 Å². The highest BCUT2D eigenvalue weighted by Crippen LogP contribution is 2.34. The molecule has 20 heavy (non-hydrogen) atoms. The van der Waals surface area contributed by atoms with Crippen molar-refractivity contribution in [3.63, 3.8) is 0 Å². The van der Waals surface area contributed by atoms with E-state index in [9.17, 15) is 0 Å². The lowest BCUT2D eigenvalue weighted by Gasteiger charge is -2.27. The molecule has 0 bridgehead atoms. The first kappa shape index (κ1) is 15.1. The van der Waals surface area contributed by atoms with Gasteiger partial charge in [-0.2, -0.15) is 0 Å². The van der Waals surface area contributed by atoms with Crippen molar-refractivity contribution in [2.24, 2.45) is 0 Å². The number of rotatable bonds is 7. The van der Waals surface area contributed by atoms with Gasteiger partial charge in [0.05, 0.1) is 0 Å². The quantitative estimate of drug-likeness (QED) is 0.790. The molecule has 4 nitrogen and oxygen atoms in total. The fraction of sp³-hybridized carbons (Fsp3) is 0.750. The number of hydrogen-bond donors (Lipinski definition) is 2. The normalized spacial score (nSPS) is 17.1. The first-order valence-electron chi connectivity index (χ1n) is 8.04. The molecule has 0 aliphatic heterocycles. The van der Waals surface area contributed by atoms with Crippen LogP contribution in [0.5, 0.6) is 0 Å². The molecule has 1 heterocycles. The Kier molecular flexibility index (Phi) is 5.21. The summed E-state index contributed by atoms with van der Waals surface area (Å²) in [4.78, 5) is 8.94. The molecule has 0 radical (unpaired) electrons. The van der Waals surface area contributed by atoms with E-state index in [-0.39, 0.29) is 5.54 Å². The Hall–Kier alpha value is -1.32. The van der Waals surface area contributed by atoms with E-state index in [1.165, 1.54) is 31.2 Å². The maximum atomic E-state index is 4.51. The van der Waals surface area contributed by atoms with Crippen LogP contribution in [0.25, 0.3) is 0 Å². The van der Waals surface area contributed by atoms with E-state index in [1.54, 1.807) is 6.33 Å². The van der Waals surface area contributed by atoms with Crippen LogP contribution < -0.4 is 10.6 Å². The van der Waals surface area contributed by atoms with Gasteiger partial charge in [-0.3, -0.25) is 0 Å². The molecular weight excluding hydrogens is 248 g/mol. The lowest BCUT2D eigenvalue weighted by molar-refractivity contribution is 0.529. The summed E-state index contributed by atoms with van der Waals surface area (Å²) in [6.45, 7) is 7.66. The summed E-state index contributed by atoms with van der Waals surface area (Å²) in [6, 6.07) is 0. The SMILES string of the molecule is CCCNc1ncnc(NC2(C)CCCC2)c1CCC. The van der Waals surface area contributed by atoms with E-state index < -0.39 is 0 Å². The van der Waals surface area contributed by atoms with Gasteiger partial charge in [0, 0.05) is 17.6 Å². The molecule has 1 aromatic rings. The number of nitrogens with one attached hydrogen (secondary N) is 2. The van der Waals surface area contributed by atoms with Gasteiger partial charge in [0.2, 0.25) is 0 Å². The van der Waals surface area contributed by atoms with Gasteiger partial charge in [-0.05, 0) is 32.6 Å². The average molecular weight is 276 g/mol. The molecule has 1 aliphatic rings. The van der Waals surface area contributed by atoms with Crippen molar-refractivity contribution in [2.45, 2.75) is 71.3 Å². The van der Waals surface area contributed by atoms with Crippen molar-refractivity contribution in [3.8, 4) is 0 Å². The van der Waals surface area contributed by atoms with Crippen LogP contribution in [0, 0.1) is 0 Å². The van der Waals surface area contributed by atoms with E-state index in [1.807, 2.05) is 0 Å². The third kappa shape index (κ3) is 3.62. The molecular formula is C16H28N4.